The second-order valence-corrected chi connectivity index (χ2v) is 4.58. The van der Waals surface area contributed by atoms with E-state index in [9.17, 15) is 4.79 Å². The SMILES string of the molecule is CC[C@H](C(=O)Nc1ccc(C)cn1)c1ccccc1. The summed E-state index contributed by atoms with van der Waals surface area (Å²) in [6.45, 7) is 3.98. The summed E-state index contributed by atoms with van der Waals surface area (Å²) in [5.74, 6) is 0.458. The zero-order chi connectivity index (χ0) is 13.7. The molecular weight excluding hydrogens is 236 g/mol. The van der Waals surface area contributed by atoms with Crippen LogP contribution in [0.5, 0.6) is 0 Å². The van der Waals surface area contributed by atoms with Gasteiger partial charge in [-0.3, -0.25) is 4.79 Å². The molecule has 0 spiro atoms. The van der Waals surface area contributed by atoms with Crippen molar-refractivity contribution < 1.29 is 4.79 Å². The highest BCUT2D eigenvalue weighted by Crippen LogP contribution is 2.20. The second-order valence-electron chi connectivity index (χ2n) is 4.58. The van der Waals surface area contributed by atoms with E-state index in [0.29, 0.717) is 5.82 Å². The number of aryl methyl sites for hydroxylation is 1. The summed E-state index contributed by atoms with van der Waals surface area (Å²) in [4.78, 5) is 16.5. The van der Waals surface area contributed by atoms with E-state index in [1.165, 1.54) is 0 Å². The van der Waals surface area contributed by atoms with Gasteiger partial charge in [0.15, 0.2) is 0 Å². The Labute approximate surface area is 113 Å². The summed E-state index contributed by atoms with van der Waals surface area (Å²) in [6.07, 6.45) is 2.51. The van der Waals surface area contributed by atoms with Crippen LogP contribution < -0.4 is 5.32 Å². The third-order valence-electron chi connectivity index (χ3n) is 3.09. The normalized spacial score (nSPS) is 11.9. The summed E-state index contributed by atoms with van der Waals surface area (Å²) >= 11 is 0. The van der Waals surface area contributed by atoms with Gasteiger partial charge in [0.05, 0.1) is 5.92 Å². The van der Waals surface area contributed by atoms with Crippen molar-refractivity contribution >= 4 is 11.7 Å². The molecule has 1 aromatic heterocycles. The van der Waals surface area contributed by atoms with Crippen LogP contribution in [-0.4, -0.2) is 10.9 Å². The first kappa shape index (κ1) is 13.3. The van der Waals surface area contributed by atoms with Gasteiger partial charge in [-0.05, 0) is 30.5 Å². The van der Waals surface area contributed by atoms with Gasteiger partial charge in [-0.25, -0.2) is 4.98 Å². The van der Waals surface area contributed by atoms with E-state index in [0.717, 1.165) is 17.5 Å². The van der Waals surface area contributed by atoms with Crippen LogP contribution in [0.4, 0.5) is 5.82 Å². The minimum Gasteiger partial charge on any atom is -0.310 e. The number of hydrogen-bond acceptors (Lipinski definition) is 2. The van der Waals surface area contributed by atoms with Crippen LogP contribution in [0.15, 0.2) is 48.7 Å². The van der Waals surface area contributed by atoms with E-state index in [1.54, 1.807) is 6.20 Å². The molecule has 1 aromatic carbocycles. The van der Waals surface area contributed by atoms with E-state index in [1.807, 2.05) is 56.3 Å². The largest absolute Gasteiger partial charge is 0.310 e. The lowest BCUT2D eigenvalue weighted by molar-refractivity contribution is -0.117. The fourth-order valence-corrected chi connectivity index (χ4v) is 2.01. The van der Waals surface area contributed by atoms with Gasteiger partial charge in [0, 0.05) is 6.20 Å². The van der Waals surface area contributed by atoms with Crippen molar-refractivity contribution in [3.05, 3.63) is 59.8 Å². The number of nitrogens with one attached hydrogen (secondary N) is 1. The molecule has 19 heavy (non-hydrogen) atoms. The molecule has 2 aromatic rings. The van der Waals surface area contributed by atoms with Gasteiger partial charge in [-0.15, -0.1) is 0 Å². The molecular formula is C16H18N2O. The van der Waals surface area contributed by atoms with Gasteiger partial charge in [0.2, 0.25) is 5.91 Å². The minimum absolute atomic E-state index is 0.00921. The van der Waals surface area contributed by atoms with Crippen molar-refractivity contribution in [1.29, 1.82) is 0 Å². The number of carbonyl (C=O) groups excluding carboxylic acids is 1. The Morgan fingerprint density at radius 1 is 1.21 bits per heavy atom. The van der Waals surface area contributed by atoms with Crippen molar-refractivity contribution in [3.63, 3.8) is 0 Å². The van der Waals surface area contributed by atoms with Crippen LogP contribution in [0.2, 0.25) is 0 Å². The average molecular weight is 254 g/mol. The monoisotopic (exact) mass is 254 g/mol. The number of benzene rings is 1. The van der Waals surface area contributed by atoms with Crippen LogP contribution >= 0.6 is 0 Å². The summed E-state index contributed by atoms with van der Waals surface area (Å²) in [5, 5.41) is 2.87. The van der Waals surface area contributed by atoms with Crippen LogP contribution in [0.1, 0.15) is 30.4 Å². The molecule has 1 amide bonds. The third-order valence-corrected chi connectivity index (χ3v) is 3.09. The van der Waals surface area contributed by atoms with Gasteiger partial charge in [0.1, 0.15) is 5.82 Å². The van der Waals surface area contributed by atoms with Gasteiger partial charge in [-0.2, -0.15) is 0 Å². The third kappa shape index (κ3) is 3.41. The molecule has 0 saturated heterocycles. The van der Waals surface area contributed by atoms with Gasteiger partial charge >= 0.3 is 0 Å². The van der Waals surface area contributed by atoms with Gasteiger partial charge in [-0.1, -0.05) is 43.3 Å². The molecule has 1 N–H and O–H groups in total. The molecule has 0 unspecified atom stereocenters. The van der Waals surface area contributed by atoms with Crippen molar-refractivity contribution in [3.8, 4) is 0 Å². The van der Waals surface area contributed by atoms with E-state index in [-0.39, 0.29) is 11.8 Å². The minimum atomic E-state index is -0.135. The molecule has 0 aliphatic heterocycles. The first-order valence-electron chi connectivity index (χ1n) is 6.49. The number of carbonyl (C=O) groups is 1. The smallest absolute Gasteiger partial charge is 0.233 e. The molecule has 98 valence electrons. The van der Waals surface area contributed by atoms with Crippen LogP contribution in [0.25, 0.3) is 0 Å². The molecule has 1 heterocycles. The number of aromatic nitrogens is 1. The first-order chi connectivity index (χ1) is 9.20. The maximum absolute atomic E-state index is 12.3. The van der Waals surface area contributed by atoms with E-state index >= 15 is 0 Å². The summed E-state index contributed by atoms with van der Waals surface area (Å²) in [5.41, 5.74) is 2.11. The number of rotatable bonds is 4. The maximum atomic E-state index is 12.3. The van der Waals surface area contributed by atoms with Gasteiger partial charge in [0.25, 0.3) is 0 Å². The standard InChI is InChI=1S/C16H18N2O/c1-3-14(13-7-5-4-6-8-13)16(19)18-15-10-9-12(2)11-17-15/h4-11,14H,3H2,1-2H3,(H,17,18,19)/t14-/m0/s1. The Morgan fingerprint density at radius 3 is 2.53 bits per heavy atom. The molecule has 3 nitrogen and oxygen atoms in total. The molecule has 0 bridgehead atoms. The summed E-state index contributed by atoms with van der Waals surface area (Å²) < 4.78 is 0. The molecule has 0 fully saturated rings. The highest BCUT2D eigenvalue weighted by Gasteiger charge is 2.18. The first-order valence-corrected chi connectivity index (χ1v) is 6.49. The van der Waals surface area contributed by atoms with Crippen LogP contribution in [0, 0.1) is 6.92 Å². The van der Waals surface area contributed by atoms with Crippen molar-refractivity contribution in [1.82, 2.24) is 4.98 Å². The molecule has 1 atom stereocenters. The Kier molecular flexibility index (Phi) is 4.29. The quantitative estimate of drug-likeness (QED) is 0.907. The summed E-state index contributed by atoms with van der Waals surface area (Å²) in [6, 6.07) is 13.6. The van der Waals surface area contributed by atoms with E-state index in [2.05, 4.69) is 10.3 Å². The Morgan fingerprint density at radius 2 is 1.95 bits per heavy atom. The predicted molar refractivity (Wildman–Crippen MR) is 77.1 cm³/mol. The average Bonchev–Trinajstić information content (AvgIpc) is 2.43. The molecule has 0 saturated carbocycles. The lowest BCUT2D eigenvalue weighted by atomic mass is 9.96. The van der Waals surface area contributed by atoms with Gasteiger partial charge < -0.3 is 5.32 Å². The lowest BCUT2D eigenvalue weighted by Crippen LogP contribution is -2.21. The second kappa shape index (κ2) is 6.14. The van der Waals surface area contributed by atoms with Crippen molar-refractivity contribution in [2.45, 2.75) is 26.2 Å². The van der Waals surface area contributed by atoms with Crippen LogP contribution in [0.3, 0.4) is 0 Å². The molecule has 3 heteroatoms. The Hall–Kier alpha value is -2.16. The molecule has 0 radical (unpaired) electrons. The number of nitrogens with zero attached hydrogens (tertiary/aromatic N) is 1. The fraction of sp³-hybridized carbons (Fsp3) is 0.250. The molecule has 2 rings (SSSR count). The molecule has 0 aliphatic rings. The molecule has 0 aliphatic carbocycles. The van der Waals surface area contributed by atoms with E-state index < -0.39 is 0 Å². The number of pyridine rings is 1. The topological polar surface area (TPSA) is 42.0 Å². The Bertz CT molecular complexity index is 534. The zero-order valence-electron chi connectivity index (χ0n) is 11.3. The predicted octanol–water partition coefficient (Wildman–Crippen LogP) is 3.52. The number of hydrogen-bond donors (Lipinski definition) is 1. The van der Waals surface area contributed by atoms with Crippen molar-refractivity contribution in [2.24, 2.45) is 0 Å². The zero-order valence-corrected chi connectivity index (χ0v) is 11.3. The number of anilines is 1. The Balaban J connectivity index is 2.11. The number of amides is 1. The summed E-state index contributed by atoms with van der Waals surface area (Å²) in [7, 11) is 0. The highest BCUT2D eigenvalue weighted by molar-refractivity contribution is 5.95. The lowest BCUT2D eigenvalue weighted by Gasteiger charge is -2.15. The van der Waals surface area contributed by atoms with Crippen LogP contribution in [-0.2, 0) is 4.79 Å². The van der Waals surface area contributed by atoms with E-state index in [4.69, 9.17) is 0 Å². The van der Waals surface area contributed by atoms with Crippen molar-refractivity contribution in [2.75, 3.05) is 5.32 Å². The maximum Gasteiger partial charge on any atom is 0.233 e. The fourth-order valence-electron chi connectivity index (χ4n) is 2.01. The highest BCUT2D eigenvalue weighted by atomic mass is 16.1.